The number of para-hydroxylation sites is 1. The number of benzene rings is 2. The Morgan fingerprint density at radius 1 is 1.05 bits per heavy atom. The number of rotatable bonds is 7. The molecule has 2 rings (SSSR count). The van der Waals surface area contributed by atoms with Crippen LogP contribution in [0.15, 0.2) is 54.6 Å². The lowest BCUT2D eigenvalue weighted by atomic mass is 10.00. The Balaban J connectivity index is 2.04. The SMILES string of the molecule is CNC(CCN)C(O)c1ccc(Oc2ccccc2)cc1. The van der Waals surface area contributed by atoms with Crippen LogP contribution in [0.5, 0.6) is 11.5 Å². The molecular weight excluding hydrogens is 264 g/mol. The zero-order chi connectivity index (χ0) is 15.1. The van der Waals surface area contributed by atoms with E-state index in [1.165, 1.54) is 0 Å². The third kappa shape index (κ3) is 4.29. The van der Waals surface area contributed by atoms with Gasteiger partial charge in [-0.25, -0.2) is 0 Å². The predicted octanol–water partition coefficient (Wildman–Crippen LogP) is 2.45. The maximum absolute atomic E-state index is 10.3. The number of aliphatic hydroxyl groups excluding tert-OH is 1. The summed E-state index contributed by atoms with van der Waals surface area (Å²) >= 11 is 0. The quantitative estimate of drug-likeness (QED) is 0.731. The summed E-state index contributed by atoms with van der Waals surface area (Å²) < 4.78 is 5.73. The highest BCUT2D eigenvalue weighted by atomic mass is 16.5. The van der Waals surface area contributed by atoms with Crippen molar-refractivity contribution >= 4 is 0 Å². The van der Waals surface area contributed by atoms with Gasteiger partial charge < -0.3 is 20.9 Å². The summed E-state index contributed by atoms with van der Waals surface area (Å²) in [6.07, 6.45) is 0.143. The summed E-state index contributed by atoms with van der Waals surface area (Å²) in [5, 5.41) is 13.4. The summed E-state index contributed by atoms with van der Waals surface area (Å²) in [7, 11) is 1.83. The predicted molar refractivity (Wildman–Crippen MR) is 84.4 cm³/mol. The molecule has 2 aromatic carbocycles. The van der Waals surface area contributed by atoms with Crippen LogP contribution in [-0.2, 0) is 0 Å². The van der Waals surface area contributed by atoms with Gasteiger partial charge in [0.1, 0.15) is 11.5 Å². The number of ether oxygens (including phenoxy) is 1. The molecule has 0 saturated carbocycles. The summed E-state index contributed by atoms with van der Waals surface area (Å²) in [6.45, 7) is 0.539. The molecule has 112 valence electrons. The molecule has 0 fully saturated rings. The third-order valence-corrected chi connectivity index (χ3v) is 3.43. The summed E-state index contributed by atoms with van der Waals surface area (Å²) in [4.78, 5) is 0. The van der Waals surface area contributed by atoms with E-state index in [1.807, 2.05) is 61.6 Å². The first-order valence-electron chi connectivity index (χ1n) is 7.13. The second-order valence-electron chi connectivity index (χ2n) is 4.90. The minimum absolute atomic E-state index is 0.0455. The molecule has 0 aliphatic heterocycles. The van der Waals surface area contributed by atoms with Crippen LogP contribution in [0.25, 0.3) is 0 Å². The number of likely N-dealkylation sites (N-methyl/N-ethyl adjacent to an activating group) is 1. The normalized spacial score (nSPS) is 13.7. The second-order valence-corrected chi connectivity index (χ2v) is 4.90. The summed E-state index contributed by atoms with van der Waals surface area (Å²) in [5.74, 6) is 1.54. The Hall–Kier alpha value is -1.88. The highest BCUT2D eigenvalue weighted by Crippen LogP contribution is 2.24. The van der Waals surface area contributed by atoms with Gasteiger partial charge in [-0.05, 0) is 49.8 Å². The molecule has 0 saturated heterocycles. The zero-order valence-electron chi connectivity index (χ0n) is 12.2. The Labute approximate surface area is 125 Å². The molecule has 4 heteroatoms. The van der Waals surface area contributed by atoms with Gasteiger partial charge in [-0.3, -0.25) is 0 Å². The van der Waals surface area contributed by atoms with Crippen LogP contribution in [0, 0.1) is 0 Å². The molecule has 4 nitrogen and oxygen atoms in total. The molecule has 0 aliphatic carbocycles. The largest absolute Gasteiger partial charge is 0.457 e. The molecule has 4 N–H and O–H groups in total. The van der Waals surface area contributed by atoms with Gasteiger partial charge in [0.25, 0.3) is 0 Å². The van der Waals surface area contributed by atoms with Crippen molar-refractivity contribution < 1.29 is 9.84 Å². The minimum Gasteiger partial charge on any atom is -0.457 e. The number of hydrogen-bond acceptors (Lipinski definition) is 4. The molecule has 0 amide bonds. The van der Waals surface area contributed by atoms with E-state index in [0.717, 1.165) is 23.5 Å². The second kappa shape index (κ2) is 7.78. The molecular formula is C17H22N2O2. The molecule has 2 aromatic rings. The number of nitrogens with one attached hydrogen (secondary N) is 1. The Morgan fingerprint density at radius 2 is 1.67 bits per heavy atom. The first-order valence-corrected chi connectivity index (χ1v) is 7.13. The molecule has 0 radical (unpaired) electrons. The van der Waals surface area contributed by atoms with Gasteiger partial charge in [0.15, 0.2) is 0 Å². The molecule has 0 spiro atoms. The van der Waals surface area contributed by atoms with E-state index in [2.05, 4.69) is 5.32 Å². The molecule has 0 aliphatic rings. The fourth-order valence-corrected chi connectivity index (χ4v) is 2.23. The first-order chi connectivity index (χ1) is 10.2. The van der Waals surface area contributed by atoms with Crippen molar-refractivity contribution in [3.8, 4) is 11.5 Å². The lowest BCUT2D eigenvalue weighted by Crippen LogP contribution is -2.34. The van der Waals surface area contributed by atoms with E-state index in [9.17, 15) is 5.11 Å². The van der Waals surface area contributed by atoms with Crippen LogP contribution in [0.3, 0.4) is 0 Å². The summed E-state index contributed by atoms with van der Waals surface area (Å²) in [5.41, 5.74) is 6.41. The van der Waals surface area contributed by atoms with Crippen molar-refractivity contribution in [1.29, 1.82) is 0 Å². The highest BCUT2D eigenvalue weighted by molar-refractivity contribution is 5.33. The molecule has 0 aromatic heterocycles. The van der Waals surface area contributed by atoms with E-state index in [1.54, 1.807) is 0 Å². The van der Waals surface area contributed by atoms with Crippen LogP contribution >= 0.6 is 0 Å². The lowest BCUT2D eigenvalue weighted by Gasteiger charge is -2.22. The Kier molecular flexibility index (Phi) is 5.75. The van der Waals surface area contributed by atoms with Crippen molar-refractivity contribution in [3.05, 3.63) is 60.2 Å². The minimum atomic E-state index is -0.579. The molecule has 2 unspecified atom stereocenters. The lowest BCUT2D eigenvalue weighted by molar-refractivity contribution is 0.129. The van der Waals surface area contributed by atoms with Crippen LogP contribution in [0.1, 0.15) is 18.1 Å². The van der Waals surface area contributed by atoms with Crippen LogP contribution < -0.4 is 15.8 Å². The van der Waals surface area contributed by atoms with Gasteiger partial charge in [-0.1, -0.05) is 30.3 Å². The van der Waals surface area contributed by atoms with Crippen molar-refractivity contribution in [2.24, 2.45) is 5.73 Å². The van der Waals surface area contributed by atoms with E-state index >= 15 is 0 Å². The topological polar surface area (TPSA) is 67.5 Å². The van der Waals surface area contributed by atoms with Gasteiger partial charge in [0.2, 0.25) is 0 Å². The summed E-state index contributed by atoms with van der Waals surface area (Å²) in [6, 6.07) is 17.0. The van der Waals surface area contributed by atoms with Crippen LogP contribution in [0.4, 0.5) is 0 Å². The van der Waals surface area contributed by atoms with E-state index in [4.69, 9.17) is 10.5 Å². The van der Waals surface area contributed by atoms with Crippen LogP contribution in [0.2, 0.25) is 0 Å². The Bertz CT molecular complexity index is 528. The standard InChI is InChI=1S/C17H22N2O2/c1-19-16(11-12-18)17(20)13-7-9-15(10-8-13)21-14-5-3-2-4-6-14/h2-10,16-17,19-20H,11-12,18H2,1H3. The van der Waals surface area contributed by atoms with Crippen molar-refractivity contribution in [3.63, 3.8) is 0 Å². The van der Waals surface area contributed by atoms with Crippen molar-refractivity contribution in [2.75, 3.05) is 13.6 Å². The van der Waals surface area contributed by atoms with Gasteiger partial charge in [-0.15, -0.1) is 0 Å². The number of nitrogens with two attached hydrogens (primary N) is 1. The van der Waals surface area contributed by atoms with Crippen LogP contribution in [-0.4, -0.2) is 24.7 Å². The third-order valence-electron chi connectivity index (χ3n) is 3.43. The number of hydrogen-bond donors (Lipinski definition) is 3. The highest BCUT2D eigenvalue weighted by Gasteiger charge is 2.18. The van der Waals surface area contributed by atoms with Crippen molar-refractivity contribution in [1.82, 2.24) is 5.32 Å². The average molecular weight is 286 g/mol. The molecule has 21 heavy (non-hydrogen) atoms. The maximum Gasteiger partial charge on any atom is 0.127 e. The molecule has 2 atom stereocenters. The molecule has 0 bridgehead atoms. The Morgan fingerprint density at radius 3 is 2.24 bits per heavy atom. The molecule has 0 heterocycles. The van der Waals surface area contributed by atoms with Gasteiger partial charge >= 0.3 is 0 Å². The maximum atomic E-state index is 10.3. The first kappa shape index (κ1) is 15.5. The van der Waals surface area contributed by atoms with Gasteiger partial charge in [0.05, 0.1) is 6.10 Å². The average Bonchev–Trinajstić information content (AvgIpc) is 2.54. The van der Waals surface area contributed by atoms with Gasteiger partial charge in [-0.2, -0.15) is 0 Å². The fourth-order valence-electron chi connectivity index (χ4n) is 2.23. The van der Waals surface area contributed by atoms with E-state index < -0.39 is 6.10 Å². The van der Waals surface area contributed by atoms with Crippen molar-refractivity contribution in [2.45, 2.75) is 18.6 Å². The zero-order valence-corrected chi connectivity index (χ0v) is 12.2. The monoisotopic (exact) mass is 286 g/mol. The smallest absolute Gasteiger partial charge is 0.127 e. The number of aliphatic hydroxyl groups is 1. The van der Waals surface area contributed by atoms with Gasteiger partial charge in [0, 0.05) is 6.04 Å². The fraction of sp³-hybridized carbons (Fsp3) is 0.294. The van der Waals surface area contributed by atoms with E-state index in [-0.39, 0.29) is 6.04 Å². The van der Waals surface area contributed by atoms with E-state index in [0.29, 0.717) is 6.54 Å².